The number of sulfonamides is 1. The Morgan fingerprint density at radius 3 is 2.06 bits per heavy atom. The molecular formula is C20H20F3NO7S2. The van der Waals surface area contributed by atoms with Gasteiger partial charge in [0.25, 0.3) is 0 Å². The second-order valence-corrected chi connectivity index (χ2v) is 11.4. The third kappa shape index (κ3) is 5.05. The summed E-state index contributed by atoms with van der Waals surface area (Å²) in [4.78, 5) is 10.2. The predicted octanol–water partition coefficient (Wildman–Crippen LogP) is 2.67. The monoisotopic (exact) mass is 507 g/mol. The van der Waals surface area contributed by atoms with Crippen LogP contribution in [0, 0.1) is 5.92 Å². The summed E-state index contributed by atoms with van der Waals surface area (Å²) in [5.74, 6) is -2.44. The SMILES string of the molecule is CO[C@@H]1C[C@H](S(=O)(=O)c2ccc(-c3ccc(S(N)(=O)=O)cc3)cc2C(F)(F)F)C[C@H]1C(=O)O. The van der Waals surface area contributed by atoms with Crippen LogP contribution in [0.1, 0.15) is 18.4 Å². The lowest BCUT2D eigenvalue weighted by molar-refractivity contribution is -0.145. The molecule has 1 fully saturated rings. The van der Waals surface area contributed by atoms with E-state index in [1.165, 1.54) is 25.3 Å². The molecule has 0 aromatic heterocycles. The van der Waals surface area contributed by atoms with Crippen LogP contribution in [-0.2, 0) is 35.6 Å². The largest absolute Gasteiger partial charge is 0.481 e. The number of methoxy groups -OCH3 is 1. The molecule has 3 atom stereocenters. The van der Waals surface area contributed by atoms with Crippen molar-refractivity contribution in [3.8, 4) is 11.1 Å². The molecule has 0 heterocycles. The van der Waals surface area contributed by atoms with E-state index in [1.54, 1.807) is 0 Å². The molecule has 0 unspecified atom stereocenters. The summed E-state index contributed by atoms with van der Waals surface area (Å²) in [5, 5.41) is 12.9. The standard InChI is InChI=1S/C20H20F3NO7S2/c1-31-17-10-14(9-15(17)19(25)26)32(27,28)18-7-4-12(8-16(18)20(21,22)23)11-2-5-13(6-3-11)33(24,29)30/h2-8,14-15,17H,9-10H2,1H3,(H,25,26)(H2,24,29,30)/t14-,15-,17-/m1/s1. The maximum absolute atomic E-state index is 13.9. The van der Waals surface area contributed by atoms with Crippen LogP contribution < -0.4 is 5.14 Å². The van der Waals surface area contributed by atoms with Crippen molar-refractivity contribution in [3.05, 3.63) is 48.0 Å². The molecule has 3 N–H and O–H groups in total. The number of halogens is 3. The third-order valence-electron chi connectivity index (χ3n) is 5.63. The van der Waals surface area contributed by atoms with Crippen LogP contribution in [0.25, 0.3) is 11.1 Å². The lowest BCUT2D eigenvalue weighted by Gasteiger charge is -2.18. The smallest absolute Gasteiger partial charge is 0.417 e. The average molecular weight is 508 g/mol. The molecular weight excluding hydrogens is 487 g/mol. The van der Waals surface area contributed by atoms with Crippen LogP contribution >= 0.6 is 0 Å². The highest BCUT2D eigenvalue weighted by atomic mass is 32.2. The van der Waals surface area contributed by atoms with E-state index in [4.69, 9.17) is 9.88 Å². The number of benzene rings is 2. The molecule has 180 valence electrons. The van der Waals surface area contributed by atoms with Crippen LogP contribution in [-0.4, -0.2) is 46.4 Å². The topological polar surface area (TPSA) is 141 Å². The highest BCUT2D eigenvalue weighted by Crippen LogP contribution is 2.42. The van der Waals surface area contributed by atoms with Gasteiger partial charge < -0.3 is 9.84 Å². The maximum Gasteiger partial charge on any atom is 0.417 e. The van der Waals surface area contributed by atoms with Gasteiger partial charge in [-0.25, -0.2) is 22.0 Å². The Labute approximate surface area is 188 Å². The molecule has 2 aromatic carbocycles. The minimum Gasteiger partial charge on any atom is -0.481 e. The average Bonchev–Trinajstić information content (AvgIpc) is 3.18. The highest BCUT2D eigenvalue weighted by molar-refractivity contribution is 7.92. The van der Waals surface area contributed by atoms with Gasteiger partial charge in [-0.3, -0.25) is 4.79 Å². The van der Waals surface area contributed by atoms with Crippen LogP contribution in [0.3, 0.4) is 0 Å². The number of carbonyl (C=O) groups is 1. The van der Waals surface area contributed by atoms with Crippen molar-refractivity contribution >= 4 is 25.8 Å². The van der Waals surface area contributed by atoms with Crippen molar-refractivity contribution in [3.63, 3.8) is 0 Å². The molecule has 1 aliphatic rings. The Kier molecular flexibility index (Phi) is 6.63. The second-order valence-electron chi connectivity index (χ2n) is 7.64. The molecule has 0 aliphatic heterocycles. The molecule has 0 amide bonds. The molecule has 2 aromatic rings. The van der Waals surface area contributed by atoms with Crippen LogP contribution in [0.5, 0.6) is 0 Å². The third-order valence-corrected chi connectivity index (χ3v) is 8.79. The van der Waals surface area contributed by atoms with Gasteiger partial charge in [0.2, 0.25) is 10.0 Å². The molecule has 3 rings (SSSR count). The summed E-state index contributed by atoms with van der Waals surface area (Å²) >= 11 is 0. The molecule has 0 radical (unpaired) electrons. The maximum atomic E-state index is 13.9. The zero-order chi connectivity index (χ0) is 24.8. The van der Waals surface area contributed by atoms with E-state index in [2.05, 4.69) is 0 Å². The number of aliphatic carboxylic acids is 1. The summed E-state index contributed by atoms with van der Waals surface area (Å²) in [6, 6.07) is 7.41. The number of rotatable bonds is 6. The van der Waals surface area contributed by atoms with Gasteiger partial charge in [0.15, 0.2) is 9.84 Å². The molecule has 1 saturated carbocycles. The molecule has 1 aliphatic carbocycles. The van der Waals surface area contributed by atoms with Crippen molar-refractivity contribution in [2.24, 2.45) is 11.1 Å². The Morgan fingerprint density at radius 1 is 1.03 bits per heavy atom. The summed E-state index contributed by atoms with van der Waals surface area (Å²) in [5.41, 5.74) is -1.18. The number of carboxylic acids is 1. The van der Waals surface area contributed by atoms with E-state index in [-0.39, 0.29) is 28.9 Å². The second kappa shape index (κ2) is 8.70. The molecule has 0 spiro atoms. The van der Waals surface area contributed by atoms with Crippen molar-refractivity contribution in [2.45, 2.75) is 40.2 Å². The van der Waals surface area contributed by atoms with Crippen LogP contribution in [0.2, 0.25) is 0 Å². The summed E-state index contributed by atoms with van der Waals surface area (Å²) in [6.07, 6.45) is -6.58. The number of ether oxygens (including phenoxy) is 1. The van der Waals surface area contributed by atoms with E-state index in [1.807, 2.05) is 0 Å². The summed E-state index contributed by atoms with van der Waals surface area (Å²) in [6.45, 7) is 0. The number of carboxylic acid groups (broad SMARTS) is 1. The quantitative estimate of drug-likeness (QED) is 0.612. The van der Waals surface area contributed by atoms with Gasteiger partial charge in [-0.15, -0.1) is 0 Å². The minimum atomic E-state index is -5.02. The van der Waals surface area contributed by atoms with Crippen LogP contribution in [0.15, 0.2) is 52.3 Å². The normalized spacial score (nSPS) is 21.8. The first-order chi connectivity index (χ1) is 15.2. The first kappa shape index (κ1) is 25.1. The Bertz CT molecular complexity index is 1270. The number of sulfone groups is 1. The fourth-order valence-electron chi connectivity index (χ4n) is 3.92. The number of hydrogen-bond donors (Lipinski definition) is 2. The van der Waals surface area contributed by atoms with E-state index in [0.717, 1.165) is 18.2 Å². The van der Waals surface area contributed by atoms with Gasteiger partial charge in [-0.1, -0.05) is 18.2 Å². The van der Waals surface area contributed by atoms with Gasteiger partial charge >= 0.3 is 12.1 Å². The van der Waals surface area contributed by atoms with Crippen LogP contribution in [0.4, 0.5) is 13.2 Å². The highest BCUT2D eigenvalue weighted by Gasteiger charge is 2.47. The van der Waals surface area contributed by atoms with Gasteiger partial charge in [-0.2, -0.15) is 13.2 Å². The number of hydrogen-bond acceptors (Lipinski definition) is 6. The summed E-state index contributed by atoms with van der Waals surface area (Å²) < 4.78 is 95.5. The molecule has 0 saturated heterocycles. The summed E-state index contributed by atoms with van der Waals surface area (Å²) in [7, 11) is -7.33. The van der Waals surface area contributed by atoms with Crippen molar-refractivity contribution < 1.29 is 44.6 Å². The zero-order valence-electron chi connectivity index (χ0n) is 17.1. The Morgan fingerprint density at radius 2 is 1.61 bits per heavy atom. The number of alkyl halides is 3. The fraction of sp³-hybridized carbons (Fsp3) is 0.350. The van der Waals surface area contributed by atoms with Gasteiger partial charge in [0.1, 0.15) is 0 Å². The Hall–Kier alpha value is -2.48. The molecule has 0 bridgehead atoms. The van der Waals surface area contributed by atoms with Gasteiger partial charge in [-0.05, 0) is 48.2 Å². The first-order valence-electron chi connectivity index (χ1n) is 9.50. The predicted molar refractivity (Wildman–Crippen MR) is 110 cm³/mol. The van der Waals surface area contributed by atoms with Gasteiger partial charge in [0, 0.05) is 7.11 Å². The first-order valence-corrected chi connectivity index (χ1v) is 12.6. The van der Waals surface area contributed by atoms with E-state index in [0.29, 0.717) is 6.07 Å². The van der Waals surface area contributed by atoms with Crippen molar-refractivity contribution in [1.29, 1.82) is 0 Å². The van der Waals surface area contributed by atoms with Crippen molar-refractivity contribution in [2.75, 3.05) is 7.11 Å². The molecule has 33 heavy (non-hydrogen) atoms. The zero-order valence-corrected chi connectivity index (χ0v) is 18.7. The van der Waals surface area contributed by atoms with E-state index < -0.39 is 59.7 Å². The fourth-order valence-corrected chi connectivity index (χ4v) is 6.44. The van der Waals surface area contributed by atoms with E-state index in [9.17, 15) is 39.9 Å². The Balaban J connectivity index is 2.06. The number of nitrogens with two attached hydrogens (primary N) is 1. The minimum absolute atomic E-state index is 0.00634. The molecule has 8 nitrogen and oxygen atoms in total. The number of primary sulfonamides is 1. The molecule has 13 heteroatoms. The van der Waals surface area contributed by atoms with Gasteiger partial charge in [0.05, 0.1) is 32.6 Å². The van der Waals surface area contributed by atoms with E-state index >= 15 is 0 Å². The van der Waals surface area contributed by atoms with Crippen molar-refractivity contribution in [1.82, 2.24) is 0 Å². The lowest BCUT2D eigenvalue weighted by atomic mass is 10.0. The lowest BCUT2D eigenvalue weighted by Crippen LogP contribution is -2.24.